The third-order valence-electron chi connectivity index (χ3n) is 3.05. The number of nitrogens with zero attached hydrogens (tertiary/aromatic N) is 1. The first-order valence-corrected chi connectivity index (χ1v) is 6.93. The van der Waals surface area contributed by atoms with Crippen LogP contribution in [0.5, 0.6) is 5.75 Å². The van der Waals surface area contributed by atoms with Crippen LogP contribution in [0.25, 0.3) is 0 Å². The number of rotatable bonds is 4. The van der Waals surface area contributed by atoms with E-state index >= 15 is 0 Å². The van der Waals surface area contributed by atoms with Crippen LogP contribution in [0.2, 0.25) is 5.02 Å². The van der Waals surface area contributed by atoms with E-state index in [9.17, 15) is 4.79 Å². The molecule has 1 heterocycles. The van der Waals surface area contributed by atoms with E-state index in [1.165, 1.54) is 7.11 Å². The molecule has 1 amide bonds. The third kappa shape index (κ3) is 3.19. The number of amides is 1. The van der Waals surface area contributed by atoms with Crippen molar-refractivity contribution in [3.8, 4) is 5.75 Å². The molecule has 0 aliphatic carbocycles. The lowest BCUT2D eigenvalue weighted by atomic mass is 10.0. The van der Waals surface area contributed by atoms with Crippen LogP contribution in [-0.4, -0.2) is 18.2 Å². The van der Waals surface area contributed by atoms with Gasteiger partial charge in [0.1, 0.15) is 11.3 Å². The molecule has 0 atom stereocenters. The topological polar surface area (TPSA) is 64.4 Å². The van der Waals surface area contributed by atoms with Gasteiger partial charge in [-0.05, 0) is 25.1 Å². The number of anilines is 1. The van der Waals surface area contributed by atoms with Gasteiger partial charge in [0.15, 0.2) is 5.76 Å². The van der Waals surface area contributed by atoms with Crippen molar-refractivity contribution in [2.45, 2.75) is 26.7 Å². The maximum atomic E-state index is 12.4. The number of aromatic nitrogens is 1. The van der Waals surface area contributed by atoms with E-state index in [1.54, 1.807) is 25.1 Å². The fraction of sp³-hybridized carbons (Fsp3) is 0.333. The molecule has 0 spiro atoms. The molecular weight excluding hydrogens is 292 g/mol. The Hall–Kier alpha value is -2.01. The predicted octanol–water partition coefficient (Wildman–Crippen LogP) is 4.02. The van der Waals surface area contributed by atoms with Crippen molar-refractivity contribution < 1.29 is 14.1 Å². The van der Waals surface area contributed by atoms with Gasteiger partial charge in [-0.3, -0.25) is 4.79 Å². The van der Waals surface area contributed by atoms with Gasteiger partial charge in [-0.25, -0.2) is 0 Å². The number of hydrogen-bond acceptors (Lipinski definition) is 4. The van der Waals surface area contributed by atoms with Crippen molar-refractivity contribution in [3.63, 3.8) is 0 Å². The molecule has 1 aromatic heterocycles. The predicted molar refractivity (Wildman–Crippen MR) is 81.3 cm³/mol. The number of aryl methyl sites for hydroxylation is 1. The standard InChI is InChI=1S/C15H17ClN2O3/c1-8(2)14-13(9(3)18-21-14)15(19)17-10-5-6-12(20-4)11(16)7-10/h5-8H,1-4H3,(H,17,19). The first-order chi connectivity index (χ1) is 9.93. The number of halogens is 1. The fourth-order valence-corrected chi connectivity index (χ4v) is 2.25. The van der Waals surface area contributed by atoms with Crippen LogP contribution in [0.15, 0.2) is 22.7 Å². The third-order valence-corrected chi connectivity index (χ3v) is 3.35. The van der Waals surface area contributed by atoms with Crippen LogP contribution in [-0.2, 0) is 0 Å². The molecule has 0 saturated carbocycles. The van der Waals surface area contributed by atoms with Gasteiger partial charge in [0.25, 0.3) is 5.91 Å². The zero-order valence-corrected chi connectivity index (χ0v) is 13.1. The SMILES string of the molecule is COc1ccc(NC(=O)c2c(C)noc2C(C)C)cc1Cl. The molecule has 6 heteroatoms. The minimum absolute atomic E-state index is 0.0754. The van der Waals surface area contributed by atoms with Gasteiger partial charge in [-0.1, -0.05) is 30.6 Å². The van der Waals surface area contributed by atoms with Gasteiger partial charge >= 0.3 is 0 Å². The van der Waals surface area contributed by atoms with E-state index < -0.39 is 0 Å². The Morgan fingerprint density at radius 3 is 2.71 bits per heavy atom. The molecular formula is C15H17ClN2O3. The number of carbonyl (C=O) groups excluding carboxylic acids is 1. The highest BCUT2D eigenvalue weighted by Crippen LogP contribution is 2.28. The second-order valence-corrected chi connectivity index (χ2v) is 5.37. The number of carbonyl (C=O) groups is 1. The Labute approximate surface area is 128 Å². The van der Waals surface area contributed by atoms with E-state index in [2.05, 4.69) is 10.5 Å². The van der Waals surface area contributed by atoms with Gasteiger partial charge in [0.05, 0.1) is 17.8 Å². The molecule has 21 heavy (non-hydrogen) atoms. The van der Waals surface area contributed by atoms with Gasteiger partial charge in [-0.2, -0.15) is 0 Å². The average molecular weight is 309 g/mol. The minimum atomic E-state index is -0.265. The maximum Gasteiger partial charge on any atom is 0.261 e. The Kier molecular flexibility index (Phi) is 4.53. The monoisotopic (exact) mass is 308 g/mol. The van der Waals surface area contributed by atoms with E-state index in [1.807, 2.05) is 13.8 Å². The van der Waals surface area contributed by atoms with Gasteiger partial charge in [-0.15, -0.1) is 0 Å². The molecule has 0 saturated heterocycles. The van der Waals surface area contributed by atoms with E-state index in [-0.39, 0.29) is 11.8 Å². The number of benzene rings is 1. The van der Waals surface area contributed by atoms with Crippen molar-refractivity contribution in [3.05, 3.63) is 40.2 Å². The molecule has 0 aliphatic heterocycles. The van der Waals surface area contributed by atoms with Crippen molar-refractivity contribution in [2.75, 3.05) is 12.4 Å². The first-order valence-electron chi connectivity index (χ1n) is 6.55. The fourth-order valence-electron chi connectivity index (χ4n) is 2.00. The molecule has 5 nitrogen and oxygen atoms in total. The first kappa shape index (κ1) is 15.4. The van der Waals surface area contributed by atoms with Crippen LogP contribution in [0.4, 0.5) is 5.69 Å². The molecule has 2 aromatic rings. The highest BCUT2D eigenvalue weighted by atomic mass is 35.5. The normalized spacial score (nSPS) is 10.8. The zero-order chi connectivity index (χ0) is 15.6. The van der Waals surface area contributed by atoms with Crippen LogP contribution in [0.1, 0.15) is 41.6 Å². The Balaban J connectivity index is 2.26. The van der Waals surface area contributed by atoms with Crippen LogP contribution in [0.3, 0.4) is 0 Å². The average Bonchev–Trinajstić information content (AvgIpc) is 2.81. The number of ether oxygens (including phenoxy) is 1. The van der Waals surface area contributed by atoms with Crippen molar-refractivity contribution in [2.24, 2.45) is 0 Å². The summed E-state index contributed by atoms with van der Waals surface area (Å²) in [6, 6.07) is 5.05. The van der Waals surface area contributed by atoms with Crippen LogP contribution >= 0.6 is 11.6 Å². The molecule has 0 bridgehead atoms. The molecule has 1 N–H and O–H groups in total. The summed E-state index contributed by atoms with van der Waals surface area (Å²) in [5.74, 6) is 0.938. The minimum Gasteiger partial charge on any atom is -0.495 e. The lowest BCUT2D eigenvalue weighted by molar-refractivity contribution is 0.102. The highest BCUT2D eigenvalue weighted by molar-refractivity contribution is 6.32. The molecule has 2 rings (SSSR count). The van der Waals surface area contributed by atoms with Gasteiger partial charge in [0.2, 0.25) is 0 Å². The van der Waals surface area contributed by atoms with E-state index in [0.29, 0.717) is 33.5 Å². The summed E-state index contributed by atoms with van der Waals surface area (Å²) in [5.41, 5.74) is 1.62. The Morgan fingerprint density at radius 2 is 2.14 bits per heavy atom. The highest BCUT2D eigenvalue weighted by Gasteiger charge is 2.22. The molecule has 1 aromatic carbocycles. The van der Waals surface area contributed by atoms with Gasteiger partial charge in [0, 0.05) is 11.6 Å². The summed E-state index contributed by atoms with van der Waals surface area (Å²) in [4.78, 5) is 12.4. The van der Waals surface area contributed by atoms with Crippen molar-refractivity contribution in [1.82, 2.24) is 5.16 Å². The summed E-state index contributed by atoms with van der Waals surface area (Å²) in [5, 5.41) is 7.09. The summed E-state index contributed by atoms with van der Waals surface area (Å²) in [6.45, 7) is 5.63. The maximum absolute atomic E-state index is 12.4. The second-order valence-electron chi connectivity index (χ2n) is 4.97. The molecule has 0 radical (unpaired) electrons. The molecule has 0 unspecified atom stereocenters. The smallest absolute Gasteiger partial charge is 0.261 e. The summed E-state index contributed by atoms with van der Waals surface area (Å²) < 4.78 is 10.3. The van der Waals surface area contributed by atoms with Gasteiger partial charge < -0.3 is 14.6 Å². The Bertz CT molecular complexity index is 665. The number of nitrogens with one attached hydrogen (secondary N) is 1. The van der Waals surface area contributed by atoms with Crippen LogP contribution in [0, 0.1) is 6.92 Å². The number of methoxy groups -OCH3 is 1. The largest absolute Gasteiger partial charge is 0.495 e. The van der Waals surface area contributed by atoms with Crippen molar-refractivity contribution in [1.29, 1.82) is 0 Å². The quantitative estimate of drug-likeness (QED) is 0.926. The van der Waals surface area contributed by atoms with E-state index in [0.717, 1.165) is 0 Å². The molecule has 112 valence electrons. The van der Waals surface area contributed by atoms with Crippen molar-refractivity contribution >= 4 is 23.2 Å². The second kappa shape index (κ2) is 6.18. The van der Waals surface area contributed by atoms with E-state index in [4.69, 9.17) is 20.9 Å². The lowest BCUT2D eigenvalue weighted by Crippen LogP contribution is -2.14. The molecule has 0 fully saturated rings. The summed E-state index contributed by atoms with van der Waals surface area (Å²) in [6.07, 6.45) is 0. The zero-order valence-electron chi connectivity index (χ0n) is 12.4. The molecule has 0 aliphatic rings. The Morgan fingerprint density at radius 1 is 1.43 bits per heavy atom. The number of hydrogen-bond donors (Lipinski definition) is 1. The summed E-state index contributed by atoms with van der Waals surface area (Å²) >= 11 is 6.04. The lowest BCUT2D eigenvalue weighted by Gasteiger charge is -2.09. The van der Waals surface area contributed by atoms with Crippen LogP contribution < -0.4 is 10.1 Å². The summed E-state index contributed by atoms with van der Waals surface area (Å²) in [7, 11) is 1.54.